The summed E-state index contributed by atoms with van der Waals surface area (Å²) in [5.74, 6) is -2.54. The molecule has 0 radical (unpaired) electrons. The molecule has 1 rings (SSSR count). The van der Waals surface area contributed by atoms with Crippen LogP contribution in [0.2, 0.25) is 0 Å². The van der Waals surface area contributed by atoms with Crippen LogP contribution in [0.3, 0.4) is 0 Å². The van der Waals surface area contributed by atoms with E-state index < -0.39 is 17.7 Å². The second-order valence-corrected chi connectivity index (χ2v) is 3.61. The Morgan fingerprint density at radius 3 is 2.60 bits per heavy atom. The Morgan fingerprint density at radius 1 is 1.53 bits per heavy atom. The Kier molecular flexibility index (Phi) is 3.42. The number of carbonyl (C=O) groups is 1. The van der Waals surface area contributed by atoms with E-state index in [9.17, 15) is 9.18 Å². The van der Waals surface area contributed by atoms with E-state index in [0.717, 1.165) is 5.56 Å². The Balaban J connectivity index is 3.28. The lowest BCUT2D eigenvalue weighted by atomic mass is 9.95. The van der Waals surface area contributed by atoms with Gasteiger partial charge in [0.15, 0.2) is 0 Å². The first-order chi connectivity index (χ1) is 6.97. The summed E-state index contributed by atoms with van der Waals surface area (Å²) in [7, 11) is 0. The van der Waals surface area contributed by atoms with Gasteiger partial charge in [-0.3, -0.25) is 4.79 Å². The van der Waals surface area contributed by atoms with E-state index in [4.69, 9.17) is 10.8 Å². The maximum atomic E-state index is 13.7. The van der Waals surface area contributed by atoms with E-state index in [1.165, 1.54) is 6.07 Å². The lowest BCUT2D eigenvalue weighted by molar-refractivity contribution is -0.138. The van der Waals surface area contributed by atoms with Gasteiger partial charge in [0.1, 0.15) is 5.82 Å². The van der Waals surface area contributed by atoms with Crippen molar-refractivity contribution in [2.24, 2.45) is 5.73 Å². The van der Waals surface area contributed by atoms with E-state index in [2.05, 4.69) is 0 Å². The molecule has 1 aromatic carbocycles. The molecule has 4 heteroatoms. The molecule has 0 heterocycles. The third-order valence-corrected chi connectivity index (χ3v) is 2.34. The maximum absolute atomic E-state index is 13.7. The molecule has 15 heavy (non-hydrogen) atoms. The third-order valence-electron chi connectivity index (χ3n) is 2.34. The number of hydrogen-bond acceptors (Lipinski definition) is 2. The highest BCUT2D eigenvalue weighted by atomic mass is 19.1. The zero-order valence-electron chi connectivity index (χ0n) is 8.75. The summed E-state index contributed by atoms with van der Waals surface area (Å²) in [6.45, 7) is 3.31. The highest BCUT2D eigenvalue weighted by Gasteiger charge is 2.22. The van der Waals surface area contributed by atoms with Gasteiger partial charge < -0.3 is 10.8 Å². The summed E-state index contributed by atoms with van der Waals surface area (Å²) >= 11 is 0. The van der Waals surface area contributed by atoms with Crippen LogP contribution in [0, 0.1) is 19.7 Å². The molecule has 0 saturated heterocycles. The molecule has 0 aromatic heterocycles. The molecule has 0 amide bonds. The SMILES string of the molecule is Cc1cc(C)c(F)c(C(CN)C(=O)O)c1. The highest BCUT2D eigenvalue weighted by Crippen LogP contribution is 2.23. The van der Waals surface area contributed by atoms with Crippen molar-refractivity contribution in [1.82, 2.24) is 0 Å². The van der Waals surface area contributed by atoms with Crippen molar-refractivity contribution in [1.29, 1.82) is 0 Å². The van der Waals surface area contributed by atoms with Crippen LogP contribution in [0.25, 0.3) is 0 Å². The van der Waals surface area contributed by atoms with Gasteiger partial charge in [0.25, 0.3) is 0 Å². The smallest absolute Gasteiger partial charge is 0.312 e. The Labute approximate surface area is 87.7 Å². The van der Waals surface area contributed by atoms with Crippen molar-refractivity contribution in [3.63, 3.8) is 0 Å². The normalized spacial score (nSPS) is 12.5. The Hall–Kier alpha value is -1.42. The fourth-order valence-corrected chi connectivity index (χ4v) is 1.60. The molecule has 1 aromatic rings. The van der Waals surface area contributed by atoms with Crippen LogP contribution in [0.1, 0.15) is 22.6 Å². The van der Waals surface area contributed by atoms with Crippen LogP contribution in [0.4, 0.5) is 4.39 Å². The van der Waals surface area contributed by atoms with Gasteiger partial charge >= 0.3 is 5.97 Å². The largest absolute Gasteiger partial charge is 0.481 e. The zero-order chi connectivity index (χ0) is 11.6. The average Bonchev–Trinajstić information content (AvgIpc) is 2.13. The fraction of sp³-hybridized carbons (Fsp3) is 0.364. The van der Waals surface area contributed by atoms with E-state index in [1.54, 1.807) is 19.9 Å². The topological polar surface area (TPSA) is 63.3 Å². The monoisotopic (exact) mass is 211 g/mol. The molecule has 0 aliphatic heterocycles. The molecule has 0 saturated carbocycles. The minimum absolute atomic E-state index is 0.102. The van der Waals surface area contributed by atoms with Crippen molar-refractivity contribution in [3.8, 4) is 0 Å². The van der Waals surface area contributed by atoms with Crippen LogP contribution in [0.15, 0.2) is 12.1 Å². The van der Waals surface area contributed by atoms with E-state index >= 15 is 0 Å². The molecule has 0 spiro atoms. The number of aryl methyl sites for hydroxylation is 2. The summed E-state index contributed by atoms with van der Waals surface area (Å²) in [4.78, 5) is 10.9. The van der Waals surface area contributed by atoms with E-state index in [-0.39, 0.29) is 12.1 Å². The fourth-order valence-electron chi connectivity index (χ4n) is 1.60. The average molecular weight is 211 g/mol. The summed E-state index contributed by atoms with van der Waals surface area (Å²) < 4.78 is 13.7. The third kappa shape index (κ3) is 2.33. The van der Waals surface area contributed by atoms with Gasteiger partial charge in [-0.05, 0) is 19.4 Å². The first-order valence-corrected chi connectivity index (χ1v) is 4.67. The summed E-state index contributed by atoms with van der Waals surface area (Å²) in [5, 5.41) is 8.89. The standard InChI is InChI=1S/C11H14FNO2/c1-6-3-7(2)10(12)8(4-6)9(5-13)11(14)15/h3-4,9H,5,13H2,1-2H3,(H,14,15). The molecule has 3 N–H and O–H groups in total. The zero-order valence-corrected chi connectivity index (χ0v) is 8.75. The second-order valence-electron chi connectivity index (χ2n) is 3.61. The van der Waals surface area contributed by atoms with Crippen molar-refractivity contribution in [3.05, 3.63) is 34.6 Å². The van der Waals surface area contributed by atoms with Gasteiger partial charge in [-0.1, -0.05) is 17.7 Å². The maximum Gasteiger partial charge on any atom is 0.312 e. The predicted octanol–water partition coefficient (Wildman–Crippen LogP) is 1.57. The summed E-state index contributed by atoms with van der Waals surface area (Å²) in [5.41, 5.74) is 6.78. The molecule has 1 unspecified atom stereocenters. The van der Waals surface area contributed by atoms with Crippen molar-refractivity contribution >= 4 is 5.97 Å². The van der Waals surface area contributed by atoms with Gasteiger partial charge in [0, 0.05) is 12.1 Å². The summed E-state index contributed by atoms with van der Waals surface area (Å²) in [6, 6.07) is 3.21. The number of carboxylic acid groups (broad SMARTS) is 1. The van der Waals surface area contributed by atoms with Gasteiger partial charge in [-0.25, -0.2) is 4.39 Å². The molecular weight excluding hydrogens is 197 g/mol. The molecule has 1 atom stereocenters. The van der Waals surface area contributed by atoms with Crippen LogP contribution < -0.4 is 5.73 Å². The number of aliphatic carboxylic acids is 1. The minimum Gasteiger partial charge on any atom is -0.481 e. The van der Waals surface area contributed by atoms with Gasteiger partial charge in [-0.2, -0.15) is 0 Å². The van der Waals surface area contributed by atoms with Gasteiger partial charge in [-0.15, -0.1) is 0 Å². The Bertz CT molecular complexity index is 390. The van der Waals surface area contributed by atoms with E-state index in [1.807, 2.05) is 0 Å². The van der Waals surface area contributed by atoms with Crippen molar-refractivity contribution in [2.45, 2.75) is 19.8 Å². The van der Waals surface area contributed by atoms with Crippen molar-refractivity contribution in [2.75, 3.05) is 6.54 Å². The van der Waals surface area contributed by atoms with Crippen LogP contribution in [0.5, 0.6) is 0 Å². The van der Waals surface area contributed by atoms with Gasteiger partial charge in [0.05, 0.1) is 5.92 Å². The molecular formula is C11H14FNO2. The molecule has 0 aliphatic rings. The molecule has 3 nitrogen and oxygen atoms in total. The number of nitrogens with two attached hydrogens (primary N) is 1. The quantitative estimate of drug-likeness (QED) is 0.797. The first kappa shape index (κ1) is 11.7. The van der Waals surface area contributed by atoms with Crippen molar-refractivity contribution < 1.29 is 14.3 Å². The molecule has 0 aliphatic carbocycles. The molecule has 82 valence electrons. The van der Waals surface area contributed by atoms with E-state index in [0.29, 0.717) is 5.56 Å². The number of halogens is 1. The van der Waals surface area contributed by atoms with Crippen LogP contribution >= 0.6 is 0 Å². The first-order valence-electron chi connectivity index (χ1n) is 4.67. The van der Waals surface area contributed by atoms with Crippen LogP contribution in [-0.4, -0.2) is 17.6 Å². The lowest BCUT2D eigenvalue weighted by Crippen LogP contribution is -2.22. The number of benzene rings is 1. The molecule has 0 fully saturated rings. The lowest BCUT2D eigenvalue weighted by Gasteiger charge is -2.13. The summed E-state index contributed by atoms with van der Waals surface area (Å²) in [6.07, 6.45) is 0. The predicted molar refractivity (Wildman–Crippen MR) is 55.3 cm³/mol. The number of carboxylic acids is 1. The Morgan fingerprint density at radius 2 is 2.13 bits per heavy atom. The highest BCUT2D eigenvalue weighted by molar-refractivity contribution is 5.76. The number of hydrogen-bond donors (Lipinski definition) is 2. The molecule has 0 bridgehead atoms. The second kappa shape index (κ2) is 4.40. The van der Waals surface area contributed by atoms with Gasteiger partial charge in [0.2, 0.25) is 0 Å². The van der Waals surface area contributed by atoms with Crippen LogP contribution in [-0.2, 0) is 4.79 Å². The number of rotatable bonds is 3. The minimum atomic E-state index is -1.10.